The first-order chi connectivity index (χ1) is 7.31. The Morgan fingerprint density at radius 2 is 2.07 bits per heavy atom. The Morgan fingerprint density at radius 1 is 1.33 bits per heavy atom. The van der Waals surface area contributed by atoms with Crippen molar-refractivity contribution in [3.05, 3.63) is 29.8 Å². The molecule has 1 fully saturated rings. The quantitative estimate of drug-likeness (QED) is 0.768. The molecule has 1 heterocycles. The van der Waals surface area contributed by atoms with Crippen LogP contribution in [-0.4, -0.2) is 18.8 Å². The van der Waals surface area contributed by atoms with Crippen molar-refractivity contribution in [2.24, 2.45) is 5.73 Å². The highest BCUT2D eigenvalue weighted by Crippen LogP contribution is 2.23. The van der Waals surface area contributed by atoms with Crippen molar-refractivity contribution in [2.45, 2.75) is 18.9 Å². The lowest BCUT2D eigenvalue weighted by molar-refractivity contribution is 0.831. The van der Waals surface area contributed by atoms with E-state index >= 15 is 0 Å². The molecule has 2 N–H and O–H groups in total. The van der Waals surface area contributed by atoms with Crippen molar-refractivity contribution < 1.29 is 0 Å². The van der Waals surface area contributed by atoms with E-state index in [1.54, 1.807) is 0 Å². The second kappa shape index (κ2) is 4.90. The van der Waals surface area contributed by atoms with Gasteiger partial charge in [0.05, 0.1) is 0 Å². The molecule has 2 rings (SSSR count). The van der Waals surface area contributed by atoms with Crippen molar-refractivity contribution in [2.75, 3.05) is 23.7 Å². The number of hydrogen-bond donors (Lipinski definition) is 2. The van der Waals surface area contributed by atoms with Gasteiger partial charge in [-0.1, -0.05) is 12.1 Å². The molecule has 0 spiro atoms. The molecule has 2 nitrogen and oxygen atoms in total. The van der Waals surface area contributed by atoms with E-state index in [0.29, 0.717) is 5.75 Å². The van der Waals surface area contributed by atoms with Gasteiger partial charge in [-0.05, 0) is 30.5 Å². The number of benzene rings is 1. The summed E-state index contributed by atoms with van der Waals surface area (Å²) in [6.07, 6.45) is 2.62. The predicted octanol–water partition coefficient (Wildman–Crippen LogP) is 2.22. The van der Waals surface area contributed by atoms with Crippen LogP contribution in [0.4, 0.5) is 5.69 Å². The normalized spacial score (nSPS) is 18.1. The molecule has 15 heavy (non-hydrogen) atoms. The van der Waals surface area contributed by atoms with E-state index in [9.17, 15) is 0 Å². The van der Waals surface area contributed by atoms with E-state index in [1.807, 2.05) is 0 Å². The number of anilines is 1. The molecule has 82 valence electrons. The second-order valence-corrected chi connectivity index (χ2v) is 4.44. The zero-order chi connectivity index (χ0) is 10.7. The first kappa shape index (κ1) is 10.8. The third kappa shape index (κ3) is 2.47. The maximum Gasteiger partial charge on any atom is 0.0385 e. The van der Waals surface area contributed by atoms with Gasteiger partial charge in [-0.2, -0.15) is 12.6 Å². The van der Waals surface area contributed by atoms with Crippen LogP contribution in [-0.2, 0) is 0 Å². The molecule has 1 aliphatic rings. The Labute approximate surface area is 96.9 Å². The van der Waals surface area contributed by atoms with Crippen LogP contribution in [0.3, 0.4) is 0 Å². The average molecular weight is 222 g/mol. The number of hydrogen-bond acceptors (Lipinski definition) is 3. The highest BCUT2D eigenvalue weighted by Gasteiger charge is 2.13. The van der Waals surface area contributed by atoms with Gasteiger partial charge in [0.15, 0.2) is 0 Å². The predicted molar refractivity (Wildman–Crippen MR) is 68.7 cm³/mol. The first-order valence-corrected chi connectivity index (χ1v) is 6.16. The molecule has 1 aromatic rings. The van der Waals surface area contributed by atoms with E-state index < -0.39 is 0 Å². The monoisotopic (exact) mass is 222 g/mol. The molecule has 3 heteroatoms. The van der Waals surface area contributed by atoms with Gasteiger partial charge in [0.2, 0.25) is 0 Å². The lowest BCUT2D eigenvalue weighted by Crippen LogP contribution is -2.18. The molecular formula is C12H18N2S. The summed E-state index contributed by atoms with van der Waals surface area (Å²) in [5.41, 5.74) is 8.46. The summed E-state index contributed by atoms with van der Waals surface area (Å²) < 4.78 is 0. The number of nitrogens with zero attached hydrogens (tertiary/aromatic N) is 1. The fourth-order valence-electron chi connectivity index (χ4n) is 2.03. The SMILES string of the molecule is NC(CS)c1cccc(N2CCCC2)c1. The summed E-state index contributed by atoms with van der Waals surface area (Å²) in [5.74, 6) is 0.698. The fourth-order valence-corrected chi connectivity index (χ4v) is 2.24. The maximum atomic E-state index is 5.97. The molecule has 1 saturated heterocycles. The van der Waals surface area contributed by atoms with Crippen molar-refractivity contribution in [1.82, 2.24) is 0 Å². The average Bonchev–Trinajstić information content (AvgIpc) is 2.82. The Kier molecular flexibility index (Phi) is 3.54. The highest BCUT2D eigenvalue weighted by atomic mass is 32.1. The third-order valence-electron chi connectivity index (χ3n) is 2.97. The van der Waals surface area contributed by atoms with Crippen molar-refractivity contribution in [3.63, 3.8) is 0 Å². The van der Waals surface area contributed by atoms with Crippen LogP contribution in [0.15, 0.2) is 24.3 Å². The van der Waals surface area contributed by atoms with Crippen LogP contribution in [0.5, 0.6) is 0 Å². The maximum absolute atomic E-state index is 5.97. The second-order valence-electron chi connectivity index (χ2n) is 4.08. The summed E-state index contributed by atoms with van der Waals surface area (Å²) >= 11 is 4.23. The van der Waals surface area contributed by atoms with Gasteiger partial charge in [0.25, 0.3) is 0 Å². The Balaban J connectivity index is 2.18. The van der Waals surface area contributed by atoms with Crippen LogP contribution in [0.2, 0.25) is 0 Å². The largest absolute Gasteiger partial charge is 0.372 e. The lowest BCUT2D eigenvalue weighted by Gasteiger charge is -2.19. The van der Waals surface area contributed by atoms with Crippen LogP contribution < -0.4 is 10.6 Å². The number of thiol groups is 1. The fraction of sp³-hybridized carbons (Fsp3) is 0.500. The van der Waals surface area contributed by atoms with E-state index in [4.69, 9.17) is 5.73 Å². The highest BCUT2D eigenvalue weighted by molar-refractivity contribution is 7.80. The molecule has 1 aliphatic heterocycles. The minimum Gasteiger partial charge on any atom is -0.372 e. The summed E-state index contributed by atoms with van der Waals surface area (Å²) in [6.45, 7) is 2.36. The summed E-state index contributed by atoms with van der Waals surface area (Å²) in [7, 11) is 0. The van der Waals surface area contributed by atoms with E-state index in [-0.39, 0.29) is 6.04 Å². The summed E-state index contributed by atoms with van der Waals surface area (Å²) in [5, 5.41) is 0. The lowest BCUT2D eigenvalue weighted by atomic mass is 10.1. The minimum atomic E-state index is 0.0517. The molecule has 1 atom stereocenters. The van der Waals surface area contributed by atoms with E-state index in [2.05, 4.69) is 41.8 Å². The first-order valence-electron chi connectivity index (χ1n) is 5.52. The molecule has 1 aromatic carbocycles. The van der Waals surface area contributed by atoms with Gasteiger partial charge < -0.3 is 10.6 Å². The topological polar surface area (TPSA) is 29.3 Å². The summed E-state index contributed by atoms with van der Waals surface area (Å²) in [6, 6.07) is 8.59. The van der Waals surface area contributed by atoms with Crippen LogP contribution >= 0.6 is 12.6 Å². The van der Waals surface area contributed by atoms with E-state index in [0.717, 1.165) is 0 Å². The van der Waals surface area contributed by atoms with Gasteiger partial charge in [-0.25, -0.2) is 0 Å². The van der Waals surface area contributed by atoms with Crippen molar-refractivity contribution in [1.29, 1.82) is 0 Å². The Bertz CT molecular complexity index is 321. The van der Waals surface area contributed by atoms with Gasteiger partial charge in [-0.15, -0.1) is 0 Å². The van der Waals surface area contributed by atoms with Crippen molar-refractivity contribution in [3.8, 4) is 0 Å². The molecule has 0 radical (unpaired) electrons. The van der Waals surface area contributed by atoms with E-state index in [1.165, 1.54) is 37.2 Å². The molecule has 0 aliphatic carbocycles. The van der Waals surface area contributed by atoms with Crippen LogP contribution in [0.25, 0.3) is 0 Å². The Hall–Kier alpha value is -0.670. The standard InChI is InChI=1S/C12H18N2S/c13-12(9-15)10-4-3-5-11(8-10)14-6-1-2-7-14/h3-5,8,12,15H,1-2,6-7,9,13H2. The molecule has 0 aromatic heterocycles. The zero-order valence-corrected chi connectivity index (χ0v) is 9.79. The molecule has 0 bridgehead atoms. The molecule has 0 saturated carbocycles. The Morgan fingerprint density at radius 3 is 2.73 bits per heavy atom. The minimum absolute atomic E-state index is 0.0517. The van der Waals surface area contributed by atoms with Gasteiger partial charge in [0, 0.05) is 30.6 Å². The van der Waals surface area contributed by atoms with Gasteiger partial charge >= 0.3 is 0 Å². The van der Waals surface area contributed by atoms with Crippen LogP contribution in [0, 0.1) is 0 Å². The number of nitrogens with two attached hydrogens (primary N) is 1. The molecular weight excluding hydrogens is 204 g/mol. The zero-order valence-electron chi connectivity index (χ0n) is 8.89. The van der Waals surface area contributed by atoms with Crippen LogP contribution in [0.1, 0.15) is 24.4 Å². The van der Waals surface area contributed by atoms with Gasteiger partial charge in [-0.3, -0.25) is 0 Å². The van der Waals surface area contributed by atoms with Crippen molar-refractivity contribution >= 4 is 18.3 Å². The van der Waals surface area contributed by atoms with Gasteiger partial charge in [0.1, 0.15) is 0 Å². The smallest absolute Gasteiger partial charge is 0.0385 e. The third-order valence-corrected chi connectivity index (χ3v) is 3.36. The number of rotatable bonds is 3. The summed E-state index contributed by atoms with van der Waals surface area (Å²) in [4.78, 5) is 2.43. The molecule has 0 amide bonds. The molecule has 1 unspecified atom stereocenters.